The second-order valence-corrected chi connectivity index (χ2v) is 6.40. The summed E-state index contributed by atoms with van der Waals surface area (Å²) < 4.78 is 0. The standard InChI is InChI=1S/C20H20N4O/c25-19-13-18(16-7-9-21-10-8-16)22-20(23-19)17-5-3-15(4-6-17)14-24-11-1-2-12-24/h3-10,13H,1-2,11-12,14H2,(H,22,23,25). The lowest BCUT2D eigenvalue weighted by Crippen LogP contribution is -2.18. The summed E-state index contributed by atoms with van der Waals surface area (Å²) in [4.78, 5) is 26.0. The van der Waals surface area contributed by atoms with E-state index in [1.165, 1.54) is 37.6 Å². The summed E-state index contributed by atoms with van der Waals surface area (Å²) in [7, 11) is 0. The minimum absolute atomic E-state index is 0.155. The van der Waals surface area contributed by atoms with E-state index >= 15 is 0 Å². The molecule has 3 heterocycles. The van der Waals surface area contributed by atoms with Crippen LogP contribution >= 0.6 is 0 Å². The molecule has 0 radical (unpaired) electrons. The second-order valence-electron chi connectivity index (χ2n) is 6.40. The number of rotatable bonds is 4. The van der Waals surface area contributed by atoms with E-state index in [-0.39, 0.29) is 5.56 Å². The molecular weight excluding hydrogens is 312 g/mol. The van der Waals surface area contributed by atoms with Gasteiger partial charge in [0.05, 0.1) is 5.69 Å². The molecule has 5 heteroatoms. The van der Waals surface area contributed by atoms with Crippen molar-refractivity contribution in [3.05, 3.63) is 70.8 Å². The first-order valence-corrected chi connectivity index (χ1v) is 8.61. The van der Waals surface area contributed by atoms with Crippen molar-refractivity contribution in [1.29, 1.82) is 0 Å². The van der Waals surface area contributed by atoms with Crippen molar-refractivity contribution in [2.45, 2.75) is 19.4 Å². The van der Waals surface area contributed by atoms with Gasteiger partial charge >= 0.3 is 0 Å². The Hall–Kier alpha value is -2.79. The smallest absolute Gasteiger partial charge is 0.251 e. The summed E-state index contributed by atoms with van der Waals surface area (Å²) >= 11 is 0. The molecule has 1 aliphatic heterocycles. The van der Waals surface area contributed by atoms with Crippen molar-refractivity contribution >= 4 is 0 Å². The molecular formula is C20H20N4O. The van der Waals surface area contributed by atoms with E-state index in [0.717, 1.165) is 17.7 Å². The van der Waals surface area contributed by atoms with Gasteiger partial charge in [-0.3, -0.25) is 14.7 Å². The molecule has 1 aliphatic rings. The van der Waals surface area contributed by atoms with Crippen LogP contribution in [0, 0.1) is 0 Å². The monoisotopic (exact) mass is 332 g/mol. The van der Waals surface area contributed by atoms with Crippen LogP contribution in [0.4, 0.5) is 0 Å². The van der Waals surface area contributed by atoms with Crippen molar-refractivity contribution < 1.29 is 0 Å². The maximum absolute atomic E-state index is 12.0. The van der Waals surface area contributed by atoms with Crippen molar-refractivity contribution in [2.24, 2.45) is 0 Å². The minimum atomic E-state index is -0.155. The molecule has 0 spiro atoms. The summed E-state index contributed by atoms with van der Waals surface area (Å²) in [5.74, 6) is 0.590. The molecule has 2 aromatic heterocycles. The van der Waals surface area contributed by atoms with Gasteiger partial charge in [0.2, 0.25) is 0 Å². The Morgan fingerprint density at radius 3 is 2.40 bits per heavy atom. The molecule has 1 saturated heterocycles. The van der Waals surface area contributed by atoms with E-state index in [1.807, 2.05) is 24.3 Å². The first kappa shape index (κ1) is 15.7. The van der Waals surface area contributed by atoms with Gasteiger partial charge < -0.3 is 4.98 Å². The molecule has 1 N–H and O–H groups in total. The number of nitrogens with one attached hydrogen (secondary N) is 1. The van der Waals surface area contributed by atoms with Gasteiger partial charge in [-0.05, 0) is 43.6 Å². The van der Waals surface area contributed by atoms with Crippen LogP contribution in [0.3, 0.4) is 0 Å². The number of likely N-dealkylation sites (tertiary alicyclic amines) is 1. The zero-order valence-electron chi connectivity index (χ0n) is 14.0. The first-order chi connectivity index (χ1) is 12.3. The predicted octanol–water partition coefficient (Wildman–Crippen LogP) is 3.09. The van der Waals surface area contributed by atoms with E-state index in [9.17, 15) is 4.79 Å². The average molecular weight is 332 g/mol. The molecule has 5 nitrogen and oxygen atoms in total. The zero-order valence-corrected chi connectivity index (χ0v) is 14.0. The molecule has 0 aliphatic carbocycles. The third-order valence-electron chi connectivity index (χ3n) is 4.55. The van der Waals surface area contributed by atoms with Crippen molar-refractivity contribution in [1.82, 2.24) is 19.9 Å². The highest BCUT2D eigenvalue weighted by Gasteiger charge is 2.12. The lowest BCUT2D eigenvalue weighted by atomic mass is 10.1. The Balaban J connectivity index is 1.61. The topological polar surface area (TPSA) is 61.9 Å². The number of benzene rings is 1. The Bertz CT molecular complexity index is 897. The molecule has 0 bridgehead atoms. The van der Waals surface area contributed by atoms with Gasteiger partial charge in [-0.2, -0.15) is 0 Å². The SMILES string of the molecule is O=c1cc(-c2ccncc2)nc(-c2ccc(CN3CCCC3)cc2)[nH]1. The van der Waals surface area contributed by atoms with Gasteiger partial charge in [0, 0.05) is 36.1 Å². The number of H-pyrrole nitrogens is 1. The molecule has 1 fully saturated rings. The fraction of sp³-hybridized carbons (Fsp3) is 0.250. The van der Waals surface area contributed by atoms with Crippen LogP contribution in [0.5, 0.6) is 0 Å². The maximum atomic E-state index is 12.0. The van der Waals surface area contributed by atoms with Crippen LogP contribution in [-0.2, 0) is 6.54 Å². The summed E-state index contributed by atoms with van der Waals surface area (Å²) in [5, 5.41) is 0. The highest BCUT2D eigenvalue weighted by Crippen LogP contribution is 2.20. The summed E-state index contributed by atoms with van der Waals surface area (Å²) in [6, 6.07) is 13.5. The van der Waals surface area contributed by atoms with Crippen LogP contribution in [0.15, 0.2) is 59.7 Å². The number of hydrogen-bond acceptors (Lipinski definition) is 4. The van der Waals surface area contributed by atoms with Crippen molar-refractivity contribution in [3.8, 4) is 22.6 Å². The van der Waals surface area contributed by atoms with E-state index in [4.69, 9.17) is 0 Å². The van der Waals surface area contributed by atoms with Gasteiger partial charge in [-0.1, -0.05) is 24.3 Å². The Kier molecular flexibility index (Phi) is 4.39. The average Bonchev–Trinajstić information content (AvgIpc) is 3.16. The van der Waals surface area contributed by atoms with Gasteiger partial charge in [0.1, 0.15) is 5.82 Å². The molecule has 1 aromatic carbocycles. The Morgan fingerprint density at radius 2 is 1.68 bits per heavy atom. The fourth-order valence-corrected chi connectivity index (χ4v) is 3.23. The third-order valence-corrected chi connectivity index (χ3v) is 4.55. The fourth-order valence-electron chi connectivity index (χ4n) is 3.23. The van der Waals surface area contributed by atoms with Gasteiger partial charge in [0.15, 0.2) is 0 Å². The van der Waals surface area contributed by atoms with Crippen LogP contribution in [-0.4, -0.2) is 32.9 Å². The van der Waals surface area contributed by atoms with Crippen LogP contribution < -0.4 is 5.56 Å². The Labute approximate surface area is 146 Å². The molecule has 25 heavy (non-hydrogen) atoms. The molecule has 126 valence electrons. The van der Waals surface area contributed by atoms with E-state index in [0.29, 0.717) is 11.5 Å². The lowest BCUT2D eigenvalue weighted by Gasteiger charge is -2.14. The molecule has 0 amide bonds. The molecule has 0 unspecified atom stereocenters. The quantitative estimate of drug-likeness (QED) is 0.797. The zero-order chi connectivity index (χ0) is 17.1. The van der Waals surface area contributed by atoms with Gasteiger partial charge in [-0.15, -0.1) is 0 Å². The van der Waals surface area contributed by atoms with E-state index in [1.54, 1.807) is 12.4 Å². The van der Waals surface area contributed by atoms with E-state index in [2.05, 4.69) is 32.0 Å². The molecule has 4 rings (SSSR count). The predicted molar refractivity (Wildman–Crippen MR) is 98.0 cm³/mol. The first-order valence-electron chi connectivity index (χ1n) is 8.61. The number of aromatic amines is 1. The van der Waals surface area contributed by atoms with E-state index < -0.39 is 0 Å². The Morgan fingerprint density at radius 1 is 0.960 bits per heavy atom. The summed E-state index contributed by atoms with van der Waals surface area (Å²) in [5.41, 5.74) is 3.59. The van der Waals surface area contributed by atoms with Crippen molar-refractivity contribution in [2.75, 3.05) is 13.1 Å². The minimum Gasteiger partial charge on any atom is -0.306 e. The normalized spacial score (nSPS) is 14.7. The summed E-state index contributed by atoms with van der Waals surface area (Å²) in [6.07, 6.45) is 5.99. The number of hydrogen-bond donors (Lipinski definition) is 1. The van der Waals surface area contributed by atoms with Crippen LogP contribution in [0.2, 0.25) is 0 Å². The van der Waals surface area contributed by atoms with Crippen LogP contribution in [0.1, 0.15) is 18.4 Å². The van der Waals surface area contributed by atoms with Gasteiger partial charge in [-0.25, -0.2) is 4.98 Å². The van der Waals surface area contributed by atoms with Crippen molar-refractivity contribution in [3.63, 3.8) is 0 Å². The third kappa shape index (κ3) is 3.67. The number of aromatic nitrogens is 3. The highest BCUT2D eigenvalue weighted by atomic mass is 16.1. The number of nitrogens with zero attached hydrogens (tertiary/aromatic N) is 3. The highest BCUT2D eigenvalue weighted by molar-refractivity contribution is 5.63. The summed E-state index contributed by atoms with van der Waals surface area (Å²) in [6.45, 7) is 3.36. The lowest BCUT2D eigenvalue weighted by molar-refractivity contribution is 0.331. The van der Waals surface area contributed by atoms with Crippen LogP contribution in [0.25, 0.3) is 22.6 Å². The maximum Gasteiger partial charge on any atom is 0.251 e. The largest absolute Gasteiger partial charge is 0.306 e. The number of pyridine rings is 1. The van der Waals surface area contributed by atoms with Gasteiger partial charge in [0.25, 0.3) is 5.56 Å². The molecule has 3 aromatic rings. The molecule has 0 atom stereocenters. The molecule has 0 saturated carbocycles. The second kappa shape index (κ2) is 6.99.